The van der Waals surface area contributed by atoms with Crippen molar-refractivity contribution in [2.75, 3.05) is 44.6 Å². The monoisotopic (exact) mass is 448 g/mol. The van der Waals surface area contributed by atoms with Crippen LogP contribution < -0.4 is 16.0 Å². The average molecular weight is 449 g/mol. The van der Waals surface area contributed by atoms with E-state index in [4.69, 9.17) is 4.42 Å². The van der Waals surface area contributed by atoms with Crippen LogP contribution in [0.25, 0.3) is 0 Å². The lowest BCUT2D eigenvalue weighted by Crippen LogP contribution is -2.39. The van der Waals surface area contributed by atoms with Gasteiger partial charge in [-0.2, -0.15) is 0 Å². The smallest absolute Gasteiger partial charge is 0.253 e. The van der Waals surface area contributed by atoms with Crippen LogP contribution >= 0.6 is 0 Å². The number of furan rings is 1. The van der Waals surface area contributed by atoms with Gasteiger partial charge in [-0.25, -0.2) is 0 Å². The van der Waals surface area contributed by atoms with Crippen LogP contribution in [-0.4, -0.2) is 50.1 Å². The second kappa shape index (κ2) is 13.5. The summed E-state index contributed by atoms with van der Waals surface area (Å²) in [5.74, 6) is 1.00. The maximum atomic E-state index is 12.4. The molecule has 176 valence electrons. The molecule has 1 aliphatic heterocycles. The van der Waals surface area contributed by atoms with Gasteiger partial charge in [-0.1, -0.05) is 24.3 Å². The van der Waals surface area contributed by atoms with Gasteiger partial charge in [-0.05, 0) is 67.8 Å². The van der Waals surface area contributed by atoms with Crippen molar-refractivity contribution in [1.82, 2.24) is 15.5 Å². The van der Waals surface area contributed by atoms with Crippen molar-refractivity contribution in [1.29, 1.82) is 0 Å². The molecule has 0 bridgehead atoms. The molecule has 1 aromatic heterocycles. The molecule has 4 rings (SSSR count). The normalized spacial score (nSPS) is 13.0. The average Bonchev–Trinajstić information content (AvgIpc) is 3.39. The van der Waals surface area contributed by atoms with Gasteiger partial charge in [0.15, 0.2) is 0 Å². The first-order chi connectivity index (χ1) is 16.2. The zero-order chi connectivity index (χ0) is 23.3. The van der Waals surface area contributed by atoms with E-state index in [0.29, 0.717) is 6.54 Å². The molecule has 3 aromatic rings. The van der Waals surface area contributed by atoms with Gasteiger partial charge in [0, 0.05) is 50.5 Å². The van der Waals surface area contributed by atoms with Crippen LogP contribution in [0.4, 0.5) is 5.69 Å². The SMILES string of the molecule is C1CNCCN1.CCN(CC)C(=O)c1ccc(Cc2cccc(NCc3ccco3)c2)cc1. The van der Waals surface area contributed by atoms with Crippen LogP contribution in [0.3, 0.4) is 0 Å². The molecule has 2 heterocycles. The Balaban J connectivity index is 0.000000442. The van der Waals surface area contributed by atoms with Gasteiger partial charge >= 0.3 is 0 Å². The lowest BCUT2D eigenvalue weighted by molar-refractivity contribution is 0.0773. The molecule has 6 heteroatoms. The molecule has 1 fully saturated rings. The lowest BCUT2D eigenvalue weighted by Gasteiger charge is -2.18. The summed E-state index contributed by atoms with van der Waals surface area (Å²) in [4.78, 5) is 14.2. The Kier molecular flexibility index (Phi) is 10.0. The Morgan fingerprint density at radius 1 is 0.909 bits per heavy atom. The topological polar surface area (TPSA) is 69.5 Å². The van der Waals surface area contributed by atoms with Crippen molar-refractivity contribution >= 4 is 11.6 Å². The molecule has 2 aromatic carbocycles. The third kappa shape index (κ3) is 8.08. The summed E-state index contributed by atoms with van der Waals surface area (Å²) in [5, 5.41) is 9.82. The lowest BCUT2D eigenvalue weighted by atomic mass is 10.0. The minimum Gasteiger partial charge on any atom is -0.467 e. The van der Waals surface area contributed by atoms with E-state index >= 15 is 0 Å². The highest BCUT2D eigenvalue weighted by Crippen LogP contribution is 2.17. The van der Waals surface area contributed by atoms with Crippen molar-refractivity contribution in [3.05, 3.63) is 89.4 Å². The van der Waals surface area contributed by atoms with Gasteiger partial charge < -0.3 is 25.3 Å². The second-order valence-electron chi connectivity index (χ2n) is 7.98. The number of carbonyl (C=O) groups excluding carboxylic acids is 1. The van der Waals surface area contributed by atoms with Gasteiger partial charge in [0.1, 0.15) is 5.76 Å². The van der Waals surface area contributed by atoms with Gasteiger partial charge in [-0.3, -0.25) is 4.79 Å². The van der Waals surface area contributed by atoms with Crippen molar-refractivity contribution < 1.29 is 9.21 Å². The van der Waals surface area contributed by atoms with Crippen LogP contribution in [0.15, 0.2) is 71.3 Å². The molecule has 0 saturated carbocycles. The number of nitrogens with zero attached hydrogens (tertiary/aromatic N) is 1. The Labute approximate surface area is 197 Å². The molecule has 0 unspecified atom stereocenters. The molecular formula is C27H36N4O2. The largest absolute Gasteiger partial charge is 0.467 e. The third-order valence-electron chi connectivity index (χ3n) is 5.59. The summed E-state index contributed by atoms with van der Waals surface area (Å²) in [5.41, 5.74) is 4.23. The highest BCUT2D eigenvalue weighted by atomic mass is 16.3. The van der Waals surface area contributed by atoms with Crippen molar-refractivity contribution in [3.8, 4) is 0 Å². The summed E-state index contributed by atoms with van der Waals surface area (Å²) < 4.78 is 5.35. The van der Waals surface area contributed by atoms with Gasteiger partial charge in [0.2, 0.25) is 0 Å². The van der Waals surface area contributed by atoms with Crippen molar-refractivity contribution in [3.63, 3.8) is 0 Å². The highest BCUT2D eigenvalue weighted by molar-refractivity contribution is 5.94. The van der Waals surface area contributed by atoms with Crippen LogP contribution in [0.5, 0.6) is 0 Å². The summed E-state index contributed by atoms with van der Waals surface area (Å²) in [7, 11) is 0. The summed E-state index contributed by atoms with van der Waals surface area (Å²) in [6.45, 7) is 10.7. The van der Waals surface area contributed by atoms with Crippen LogP contribution in [0.1, 0.15) is 41.1 Å². The highest BCUT2D eigenvalue weighted by Gasteiger charge is 2.12. The first-order valence-corrected chi connectivity index (χ1v) is 11.8. The Hall–Kier alpha value is -3.09. The number of rotatable bonds is 8. The standard InChI is InChI=1S/C23H26N2O2.C4H10N2/c1-3-25(4-2)23(26)20-12-10-18(11-13-20)15-19-7-5-8-21(16-19)24-17-22-9-6-14-27-22;1-2-6-4-3-5-1/h5-14,16,24H,3-4,15,17H2,1-2H3;5-6H,1-4H2. The van der Waals surface area contributed by atoms with E-state index in [0.717, 1.165) is 62.7 Å². The van der Waals surface area contributed by atoms with Crippen LogP contribution in [0.2, 0.25) is 0 Å². The molecular weight excluding hydrogens is 412 g/mol. The second-order valence-corrected chi connectivity index (χ2v) is 7.98. The summed E-state index contributed by atoms with van der Waals surface area (Å²) >= 11 is 0. The molecule has 33 heavy (non-hydrogen) atoms. The zero-order valence-electron chi connectivity index (χ0n) is 19.8. The molecule has 0 radical (unpaired) electrons. The zero-order valence-corrected chi connectivity index (χ0v) is 19.8. The molecule has 0 aliphatic carbocycles. The Morgan fingerprint density at radius 3 is 2.18 bits per heavy atom. The number of carbonyl (C=O) groups is 1. The first-order valence-electron chi connectivity index (χ1n) is 11.8. The molecule has 0 atom stereocenters. The fourth-order valence-corrected chi connectivity index (χ4v) is 3.69. The van der Waals surface area contributed by atoms with E-state index in [2.05, 4.69) is 40.2 Å². The van der Waals surface area contributed by atoms with E-state index in [1.54, 1.807) is 6.26 Å². The number of benzene rings is 2. The molecule has 1 saturated heterocycles. The fraction of sp³-hybridized carbons (Fsp3) is 0.370. The first kappa shape index (κ1) is 24.6. The summed E-state index contributed by atoms with van der Waals surface area (Å²) in [6, 6.07) is 20.2. The Morgan fingerprint density at radius 2 is 1.61 bits per heavy atom. The summed E-state index contributed by atoms with van der Waals surface area (Å²) in [6.07, 6.45) is 2.51. The predicted octanol–water partition coefficient (Wildman–Crippen LogP) is 4.14. The van der Waals surface area contributed by atoms with E-state index < -0.39 is 0 Å². The van der Waals surface area contributed by atoms with Crippen molar-refractivity contribution in [2.24, 2.45) is 0 Å². The number of piperazine rings is 1. The van der Waals surface area contributed by atoms with E-state index in [-0.39, 0.29) is 5.91 Å². The minimum absolute atomic E-state index is 0.0932. The van der Waals surface area contributed by atoms with Gasteiger partial charge in [0.05, 0.1) is 12.8 Å². The quantitative estimate of drug-likeness (QED) is 0.483. The fourth-order valence-electron chi connectivity index (χ4n) is 3.69. The molecule has 1 amide bonds. The maximum Gasteiger partial charge on any atom is 0.253 e. The molecule has 6 nitrogen and oxygen atoms in total. The number of anilines is 1. The predicted molar refractivity (Wildman–Crippen MR) is 135 cm³/mol. The van der Waals surface area contributed by atoms with Crippen LogP contribution in [-0.2, 0) is 13.0 Å². The van der Waals surface area contributed by atoms with Gasteiger partial charge in [-0.15, -0.1) is 0 Å². The van der Waals surface area contributed by atoms with Gasteiger partial charge in [0.25, 0.3) is 5.91 Å². The minimum atomic E-state index is 0.0932. The van der Waals surface area contributed by atoms with E-state index in [9.17, 15) is 4.79 Å². The molecule has 1 aliphatic rings. The third-order valence-corrected chi connectivity index (χ3v) is 5.59. The number of nitrogens with one attached hydrogen (secondary N) is 3. The number of hydrogen-bond donors (Lipinski definition) is 3. The maximum absolute atomic E-state index is 12.4. The Bertz CT molecular complexity index is 935. The number of hydrogen-bond acceptors (Lipinski definition) is 5. The molecule has 3 N–H and O–H groups in total. The number of amides is 1. The van der Waals surface area contributed by atoms with Crippen molar-refractivity contribution in [2.45, 2.75) is 26.8 Å². The van der Waals surface area contributed by atoms with E-state index in [1.165, 1.54) is 11.1 Å². The van der Waals surface area contributed by atoms with Crippen LogP contribution in [0, 0.1) is 0 Å². The van der Waals surface area contributed by atoms with E-state index in [1.807, 2.05) is 55.1 Å². The molecule has 0 spiro atoms.